The lowest BCUT2D eigenvalue weighted by Crippen LogP contribution is -2.67. The van der Waals surface area contributed by atoms with E-state index in [2.05, 4.69) is 0 Å². The van der Waals surface area contributed by atoms with Crippen LogP contribution in [0.5, 0.6) is 5.75 Å². The molecule has 0 aliphatic carbocycles. The van der Waals surface area contributed by atoms with Crippen molar-refractivity contribution in [3.63, 3.8) is 0 Å². The second-order valence-electron chi connectivity index (χ2n) is 9.33. The summed E-state index contributed by atoms with van der Waals surface area (Å²) in [4.78, 5) is 39.5. The van der Waals surface area contributed by atoms with Crippen LogP contribution in [0.15, 0.2) is 54.6 Å². The summed E-state index contributed by atoms with van der Waals surface area (Å²) in [5.74, 6) is -0.950. The van der Waals surface area contributed by atoms with Crippen molar-refractivity contribution in [2.45, 2.75) is 50.4 Å². The van der Waals surface area contributed by atoms with Crippen LogP contribution in [-0.2, 0) is 28.7 Å². The summed E-state index contributed by atoms with van der Waals surface area (Å²) in [6.45, 7) is 3.90. The zero-order chi connectivity index (χ0) is 24.5. The maximum atomic E-state index is 13.5. The zero-order valence-electron chi connectivity index (χ0n) is 20.1. The van der Waals surface area contributed by atoms with Gasteiger partial charge in [0.15, 0.2) is 5.41 Å². The lowest BCUT2D eigenvalue weighted by Gasteiger charge is -2.55. The first-order valence-electron chi connectivity index (χ1n) is 11.3. The van der Waals surface area contributed by atoms with E-state index in [4.69, 9.17) is 23.9 Å². The number of nitrogens with zero attached hydrogens (tertiary/aromatic N) is 1. The summed E-state index contributed by atoms with van der Waals surface area (Å²) >= 11 is 0. The number of esters is 2. The fourth-order valence-corrected chi connectivity index (χ4v) is 5.17. The maximum Gasteiger partial charge on any atom is 0.325 e. The smallest absolute Gasteiger partial charge is 0.325 e. The average Bonchev–Trinajstić information content (AvgIpc) is 2.86. The van der Waals surface area contributed by atoms with Gasteiger partial charge >= 0.3 is 11.9 Å². The van der Waals surface area contributed by atoms with Gasteiger partial charge in [-0.2, -0.15) is 0 Å². The first-order chi connectivity index (χ1) is 16.3. The monoisotopic (exact) mass is 469 g/mol. The number of hydrogen-bond donors (Lipinski definition) is 0. The number of carbonyl (C=O) groups excluding carboxylic acids is 2. The Hall–Kier alpha value is -2.94. The molecule has 2 aliphatic rings. The first-order valence-corrected chi connectivity index (χ1v) is 11.3. The lowest BCUT2D eigenvalue weighted by molar-refractivity contribution is -0.481. The van der Waals surface area contributed by atoms with Crippen LogP contribution in [0.2, 0.25) is 0 Å². The van der Waals surface area contributed by atoms with Gasteiger partial charge in [-0.05, 0) is 43.5 Å². The molecule has 0 N–H and O–H groups in total. The van der Waals surface area contributed by atoms with Crippen LogP contribution in [0.3, 0.4) is 0 Å². The van der Waals surface area contributed by atoms with E-state index in [9.17, 15) is 9.59 Å². The Morgan fingerprint density at radius 1 is 0.882 bits per heavy atom. The van der Waals surface area contributed by atoms with Gasteiger partial charge in [-0.25, -0.2) is 0 Å². The van der Waals surface area contributed by atoms with E-state index in [-0.39, 0.29) is 12.3 Å². The van der Waals surface area contributed by atoms with Gasteiger partial charge in [0.25, 0.3) is 0 Å². The molecule has 2 saturated heterocycles. The number of ether oxygens (including phenoxy) is 3. The molecule has 4 rings (SSSR count). The van der Waals surface area contributed by atoms with Crippen LogP contribution < -0.4 is 4.74 Å². The molecule has 2 aliphatic heterocycles. The van der Waals surface area contributed by atoms with Crippen molar-refractivity contribution in [1.29, 1.82) is 0 Å². The molecular formula is C26H31NO7. The second kappa shape index (κ2) is 9.37. The molecule has 0 bridgehead atoms. The van der Waals surface area contributed by atoms with Crippen LogP contribution in [0.4, 0.5) is 0 Å². The molecule has 0 spiro atoms. The predicted octanol–water partition coefficient (Wildman–Crippen LogP) is 3.97. The van der Waals surface area contributed by atoms with Gasteiger partial charge in [0, 0.05) is 12.3 Å². The fraction of sp³-hybridized carbons (Fsp3) is 0.462. The van der Waals surface area contributed by atoms with Crippen LogP contribution in [0.25, 0.3) is 0 Å². The van der Waals surface area contributed by atoms with Crippen molar-refractivity contribution in [3.8, 4) is 5.75 Å². The number of hydrogen-bond acceptors (Lipinski definition) is 8. The number of methoxy groups -OCH3 is 3. The molecule has 0 aromatic heterocycles. The highest BCUT2D eigenvalue weighted by Crippen LogP contribution is 2.54. The number of benzene rings is 2. The van der Waals surface area contributed by atoms with Gasteiger partial charge in [-0.3, -0.25) is 19.3 Å². The third-order valence-electron chi connectivity index (χ3n) is 6.71. The van der Waals surface area contributed by atoms with Crippen LogP contribution in [0, 0.1) is 5.41 Å². The van der Waals surface area contributed by atoms with Crippen molar-refractivity contribution < 1.29 is 33.5 Å². The van der Waals surface area contributed by atoms with Crippen LogP contribution >= 0.6 is 0 Å². The third-order valence-corrected chi connectivity index (χ3v) is 6.71. The highest BCUT2D eigenvalue weighted by Gasteiger charge is 2.66. The highest BCUT2D eigenvalue weighted by molar-refractivity contribution is 6.01. The molecular weight excluding hydrogens is 438 g/mol. The van der Waals surface area contributed by atoms with Crippen molar-refractivity contribution >= 4 is 11.9 Å². The zero-order valence-corrected chi connectivity index (χ0v) is 20.1. The first kappa shape index (κ1) is 24.2. The van der Waals surface area contributed by atoms with E-state index < -0.39 is 35.1 Å². The molecule has 34 heavy (non-hydrogen) atoms. The minimum atomic E-state index is -1.68. The van der Waals surface area contributed by atoms with Crippen molar-refractivity contribution in [3.05, 3.63) is 65.7 Å². The van der Waals surface area contributed by atoms with Gasteiger partial charge in [-0.1, -0.05) is 47.7 Å². The number of carbonyl (C=O) groups is 2. The van der Waals surface area contributed by atoms with Crippen molar-refractivity contribution in [2.24, 2.45) is 5.41 Å². The highest BCUT2D eigenvalue weighted by atomic mass is 17.0. The van der Waals surface area contributed by atoms with Gasteiger partial charge in [0.1, 0.15) is 11.9 Å². The Morgan fingerprint density at radius 2 is 1.50 bits per heavy atom. The van der Waals surface area contributed by atoms with E-state index in [1.165, 1.54) is 19.4 Å². The molecule has 0 unspecified atom stereocenters. The van der Waals surface area contributed by atoms with E-state index in [0.717, 1.165) is 11.1 Å². The Bertz CT molecular complexity index is 1010. The summed E-state index contributed by atoms with van der Waals surface area (Å²) < 4.78 is 15.8. The van der Waals surface area contributed by atoms with E-state index in [0.29, 0.717) is 12.2 Å². The van der Waals surface area contributed by atoms with E-state index in [1.54, 1.807) is 7.11 Å². The van der Waals surface area contributed by atoms with Gasteiger partial charge in [0.2, 0.25) is 0 Å². The lowest BCUT2D eigenvalue weighted by atomic mass is 9.65. The Balaban J connectivity index is 1.88. The molecule has 2 aromatic carbocycles. The molecule has 2 heterocycles. The molecule has 0 amide bonds. The SMILES string of the molecule is COC(=O)C1(C(=O)OC)C[C@@H](c2ccccc2)ON2OC(C)(C)C[C@@H](c3ccc(OC)cc3)[C@@H]21. The summed E-state index contributed by atoms with van der Waals surface area (Å²) in [5, 5.41) is 1.34. The van der Waals surface area contributed by atoms with E-state index >= 15 is 0 Å². The Labute approximate surface area is 199 Å². The average molecular weight is 470 g/mol. The predicted molar refractivity (Wildman–Crippen MR) is 122 cm³/mol. The molecule has 0 radical (unpaired) electrons. The molecule has 0 saturated carbocycles. The largest absolute Gasteiger partial charge is 0.497 e. The molecule has 182 valence electrons. The second-order valence-corrected chi connectivity index (χ2v) is 9.33. The summed E-state index contributed by atoms with van der Waals surface area (Å²) in [7, 11) is 4.16. The van der Waals surface area contributed by atoms with Gasteiger partial charge < -0.3 is 14.2 Å². The Kier molecular flexibility index (Phi) is 6.66. The molecule has 3 atom stereocenters. The molecule has 8 nitrogen and oxygen atoms in total. The summed E-state index contributed by atoms with van der Waals surface area (Å²) in [6.07, 6.45) is -0.0371. The van der Waals surface area contributed by atoms with Crippen LogP contribution in [-0.4, -0.2) is 50.1 Å². The Morgan fingerprint density at radius 3 is 2.06 bits per heavy atom. The number of rotatable bonds is 5. The van der Waals surface area contributed by atoms with Crippen LogP contribution in [0.1, 0.15) is 49.8 Å². The minimum absolute atomic E-state index is 0.0496. The number of hydroxylamine groups is 2. The summed E-state index contributed by atoms with van der Waals surface area (Å²) in [6, 6.07) is 16.2. The standard InChI is InChI=1S/C26H31NO7/c1-25(2)15-20(17-11-13-19(30-3)14-12-17)22-26(23(28)31-4,24(29)32-5)16-21(33-27(22)34-25)18-9-7-6-8-10-18/h6-14,20-22H,15-16H2,1-5H3/t20-,21-,22+/m0/s1. The quantitative estimate of drug-likeness (QED) is 0.481. The maximum absolute atomic E-state index is 13.5. The van der Waals surface area contributed by atoms with E-state index in [1.807, 2.05) is 68.4 Å². The molecule has 8 heteroatoms. The number of fused-ring (bicyclic) bond motifs is 1. The normalized spacial score (nSPS) is 25.6. The van der Waals surface area contributed by atoms with Crippen molar-refractivity contribution in [2.75, 3.05) is 21.3 Å². The molecule has 2 fully saturated rings. The summed E-state index contributed by atoms with van der Waals surface area (Å²) in [5.41, 5.74) is -0.571. The molecule has 2 aromatic rings. The fourth-order valence-electron chi connectivity index (χ4n) is 5.17. The van der Waals surface area contributed by atoms with Gasteiger partial charge in [0.05, 0.1) is 33.0 Å². The van der Waals surface area contributed by atoms with Gasteiger partial charge in [-0.15, -0.1) is 0 Å². The topological polar surface area (TPSA) is 83.5 Å². The minimum Gasteiger partial charge on any atom is -0.497 e. The van der Waals surface area contributed by atoms with Crippen molar-refractivity contribution in [1.82, 2.24) is 5.23 Å². The third kappa shape index (κ3) is 4.17.